The summed E-state index contributed by atoms with van der Waals surface area (Å²) >= 11 is 0. The average Bonchev–Trinajstić information content (AvgIpc) is 2.91. The number of rotatable bonds is 6. The largest absolute Gasteiger partial charge is 0.338 e. The van der Waals surface area contributed by atoms with Gasteiger partial charge in [0.15, 0.2) is 0 Å². The van der Waals surface area contributed by atoms with Crippen LogP contribution in [0.1, 0.15) is 44.6 Å². The van der Waals surface area contributed by atoms with Crippen LogP contribution in [0.25, 0.3) is 0 Å². The zero-order chi connectivity index (χ0) is 18.4. The molecule has 0 fully saturated rings. The van der Waals surface area contributed by atoms with Gasteiger partial charge in [-0.25, -0.2) is 14.2 Å². The van der Waals surface area contributed by atoms with Crippen molar-refractivity contribution >= 4 is 6.03 Å². The van der Waals surface area contributed by atoms with Gasteiger partial charge in [-0.05, 0) is 29.5 Å². The maximum absolute atomic E-state index is 13.2. The molecule has 2 rings (SSSR count). The molecule has 0 bridgehead atoms. The van der Waals surface area contributed by atoms with Crippen LogP contribution in [0.2, 0.25) is 0 Å². The minimum absolute atomic E-state index is 0.0188. The minimum atomic E-state index is -0.286. The summed E-state index contributed by atoms with van der Waals surface area (Å²) in [7, 11) is 1.82. The number of amides is 2. The van der Waals surface area contributed by atoms with Crippen LogP contribution in [0.15, 0.2) is 30.6 Å². The molecule has 1 aromatic carbocycles. The third-order valence-corrected chi connectivity index (χ3v) is 3.83. The van der Waals surface area contributed by atoms with Crippen LogP contribution in [0.5, 0.6) is 0 Å². The first-order valence-electron chi connectivity index (χ1n) is 8.37. The molecule has 0 saturated carbocycles. The second-order valence-corrected chi connectivity index (χ2v) is 7.32. The Morgan fingerprint density at radius 1 is 1.28 bits per heavy atom. The Morgan fingerprint density at radius 2 is 1.96 bits per heavy atom. The van der Waals surface area contributed by atoms with E-state index in [9.17, 15) is 9.18 Å². The summed E-state index contributed by atoms with van der Waals surface area (Å²) in [5, 5.41) is 9.83. The molecule has 2 aromatic rings. The highest BCUT2D eigenvalue weighted by molar-refractivity contribution is 5.74. The predicted octanol–water partition coefficient (Wildman–Crippen LogP) is 2.97. The van der Waals surface area contributed by atoms with Gasteiger partial charge in [-0.2, -0.15) is 5.10 Å². The first-order valence-corrected chi connectivity index (χ1v) is 8.37. The lowest BCUT2D eigenvalue weighted by molar-refractivity contribution is 0.230. The lowest BCUT2D eigenvalue weighted by atomic mass is 9.85. The number of aryl methyl sites for hydroxylation is 1. The molecule has 0 aliphatic rings. The Morgan fingerprint density at radius 3 is 2.52 bits per heavy atom. The van der Waals surface area contributed by atoms with Crippen LogP contribution in [-0.4, -0.2) is 27.3 Å². The van der Waals surface area contributed by atoms with E-state index in [4.69, 9.17) is 0 Å². The Bertz CT molecular complexity index is 690. The maximum atomic E-state index is 13.2. The van der Waals surface area contributed by atoms with Crippen LogP contribution >= 0.6 is 0 Å². The van der Waals surface area contributed by atoms with E-state index in [1.165, 1.54) is 18.5 Å². The first kappa shape index (κ1) is 18.9. The average molecular weight is 347 g/mol. The van der Waals surface area contributed by atoms with Gasteiger partial charge in [0.05, 0.1) is 6.04 Å². The third kappa shape index (κ3) is 6.17. The van der Waals surface area contributed by atoms with E-state index in [-0.39, 0.29) is 23.3 Å². The van der Waals surface area contributed by atoms with Crippen molar-refractivity contribution in [2.45, 2.75) is 39.7 Å². The predicted molar refractivity (Wildman–Crippen MR) is 94.5 cm³/mol. The summed E-state index contributed by atoms with van der Waals surface area (Å²) in [4.78, 5) is 16.4. The number of carbonyl (C=O) groups is 1. The topological polar surface area (TPSA) is 71.8 Å². The molecule has 0 aliphatic carbocycles. The summed E-state index contributed by atoms with van der Waals surface area (Å²) in [5.41, 5.74) is 0.907. The molecule has 136 valence electrons. The van der Waals surface area contributed by atoms with Crippen molar-refractivity contribution in [3.8, 4) is 0 Å². The minimum Gasteiger partial charge on any atom is -0.338 e. The van der Waals surface area contributed by atoms with E-state index in [0.29, 0.717) is 13.0 Å². The van der Waals surface area contributed by atoms with Crippen molar-refractivity contribution in [1.82, 2.24) is 25.4 Å². The van der Waals surface area contributed by atoms with Gasteiger partial charge < -0.3 is 10.6 Å². The Kier molecular flexibility index (Phi) is 6.12. The van der Waals surface area contributed by atoms with Gasteiger partial charge in [-0.1, -0.05) is 32.9 Å². The number of carbonyl (C=O) groups excluding carboxylic acids is 1. The zero-order valence-corrected chi connectivity index (χ0v) is 15.2. The van der Waals surface area contributed by atoms with Crippen molar-refractivity contribution in [3.63, 3.8) is 0 Å². The van der Waals surface area contributed by atoms with Gasteiger partial charge in [0, 0.05) is 20.0 Å². The monoisotopic (exact) mass is 347 g/mol. The lowest BCUT2D eigenvalue weighted by Crippen LogP contribution is -2.40. The van der Waals surface area contributed by atoms with Crippen molar-refractivity contribution in [2.75, 3.05) is 6.54 Å². The van der Waals surface area contributed by atoms with Gasteiger partial charge in [-0.3, -0.25) is 4.68 Å². The van der Waals surface area contributed by atoms with Crippen molar-refractivity contribution in [3.05, 3.63) is 47.8 Å². The fraction of sp³-hybridized carbons (Fsp3) is 0.500. The standard InChI is InChI=1S/C18H26FN5O/c1-18(2,3)11-15(13-5-7-14(19)8-6-13)23-17(25)20-10-9-16-21-12-22-24(16)4/h5-8,12,15H,9-11H2,1-4H3,(H2,20,23,25)/t15-/m1/s1. The van der Waals surface area contributed by atoms with Crippen LogP contribution < -0.4 is 10.6 Å². The summed E-state index contributed by atoms with van der Waals surface area (Å²) in [6, 6.07) is 5.82. The van der Waals surface area contributed by atoms with Crippen LogP contribution in [0, 0.1) is 11.2 Å². The molecule has 25 heavy (non-hydrogen) atoms. The Labute approximate surface area is 147 Å². The highest BCUT2D eigenvalue weighted by Gasteiger charge is 2.22. The first-order chi connectivity index (χ1) is 11.7. The van der Waals surface area contributed by atoms with Gasteiger partial charge in [0.25, 0.3) is 0 Å². The molecule has 2 amide bonds. The lowest BCUT2D eigenvalue weighted by Gasteiger charge is -2.27. The molecule has 0 unspecified atom stereocenters. The second-order valence-electron chi connectivity index (χ2n) is 7.32. The van der Waals surface area contributed by atoms with Gasteiger partial charge >= 0.3 is 6.03 Å². The van der Waals surface area contributed by atoms with Crippen molar-refractivity contribution < 1.29 is 9.18 Å². The number of urea groups is 1. The van der Waals surface area contributed by atoms with Crippen molar-refractivity contribution in [2.24, 2.45) is 12.5 Å². The van der Waals surface area contributed by atoms with E-state index in [0.717, 1.165) is 17.8 Å². The van der Waals surface area contributed by atoms with E-state index in [2.05, 4.69) is 41.5 Å². The number of aromatic nitrogens is 3. The Hall–Kier alpha value is -2.44. The summed E-state index contributed by atoms with van der Waals surface area (Å²) in [6.45, 7) is 6.79. The highest BCUT2D eigenvalue weighted by Crippen LogP contribution is 2.29. The molecule has 7 heteroatoms. The summed E-state index contributed by atoms with van der Waals surface area (Å²) < 4.78 is 14.9. The van der Waals surface area contributed by atoms with Crippen LogP contribution in [-0.2, 0) is 13.5 Å². The molecule has 0 saturated heterocycles. The van der Waals surface area contributed by atoms with E-state index >= 15 is 0 Å². The quantitative estimate of drug-likeness (QED) is 0.844. The number of halogens is 1. The van der Waals surface area contributed by atoms with Crippen molar-refractivity contribution in [1.29, 1.82) is 0 Å². The molecule has 6 nitrogen and oxygen atoms in total. The normalized spacial score (nSPS) is 12.7. The molecule has 1 aromatic heterocycles. The van der Waals surface area contributed by atoms with Crippen LogP contribution in [0.3, 0.4) is 0 Å². The molecule has 1 heterocycles. The fourth-order valence-corrected chi connectivity index (χ4v) is 2.60. The molecule has 1 atom stereocenters. The SMILES string of the molecule is Cn1ncnc1CCNC(=O)N[C@H](CC(C)(C)C)c1ccc(F)cc1. The van der Waals surface area contributed by atoms with Gasteiger partial charge in [0.1, 0.15) is 18.0 Å². The van der Waals surface area contributed by atoms with Gasteiger partial charge in [0.2, 0.25) is 0 Å². The van der Waals surface area contributed by atoms with E-state index < -0.39 is 0 Å². The second kappa shape index (κ2) is 8.09. The zero-order valence-electron chi connectivity index (χ0n) is 15.2. The maximum Gasteiger partial charge on any atom is 0.315 e. The molecule has 0 aliphatic heterocycles. The Balaban J connectivity index is 1.94. The number of hydrogen-bond donors (Lipinski definition) is 2. The third-order valence-electron chi connectivity index (χ3n) is 3.83. The summed E-state index contributed by atoms with van der Waals surface area (Å²) in [6.07, 6.45) is 2.84. The van der Waals surface area contributed by atoms with Crippen LogP contribution in [0.4, 0.5) is 9.18 Å². The number of benzene rings is 1. The highest BCUT2D eigenvalue weighted by atomic mass is 19.1. The van der Waals surface area contributed by atoms with Gasteiger partial charge in [-0.15, -0.1) is 0 Å². The number of hydrogen-bond acceptors (Lipinski definition) is 3. The molecular weight excluding hydrogens is 321 g/mol. The smallest absolute Gasteiger partial charge is 0.315 e. The molecule has 0 spiro atoms. The molecule has 0 radical (unpaired) electrons. The number of nitrogens with one attached hydrogen (secondary N) is 2. The summed E-state index contributed by atoms with van der Waals surface area (Å²) in [5.74, 6) is 0.525. The number of nitrogens with zero attached hydrogens (tertiary/aromatic N) is 3. The fourth-order valence-electron chi connectivity index (χ4n) is 2.60. The van der Waals surface area contributed by atoms with E-state index in [1.54, 1.807) is 16.8 Å². The van der Waals surface area contributed by atoms with E-state index in [1.807, 2.05) is 7.05 Å². The molecule has 2 N–H and O–H groups in total. The molecular formula is C18H26FN5O.